The molecule has 0 atom stereocenters. The van der Waals surface area contributed by atoms with E-state index in [0.29, 0.717) is 18.9 Å². The highest BCUT2D eigenvalue weighted by Crippen LogP contribution is 2.03. The molecule has 0 spiro atoms. The predicted octanol–water partition coefficient (Wildman–Crippen LogP) is 2.40. The van der Waals surface area contributed by atoms with Crippen molar-refractivity contribution in [3.63, 3.8) is 0 Å². The summed E-state index contributed by atoms with van der Waals surface area (Å²) >= 11 is 0. The van der Waals surface area contributed by atoms with Gasteiger partial charge in [-0.15, -0.1) is 0 Å². The van der Waals surface area contributed by atoms with Crippen molar-refractivity contribution in [3.8, 4) is 0 Å². The largest absolute Gasteiger partial charge is 0.375 e. The zero-order valence-electron chi connectivity index (χ0n) is 8.13. The number of hydrogen-bond donors (Lipinski definition) is 1. The SMILES string of the molecule is CCOCC(=N)c1ccc(C)cc1. The third-order valence-corrected chi connectivity index (χ3v) is 1.85. The van der Waals surface area contributed by atoms with E-state index in [4.69, 9.17) is 10.1 Å². The summed E-state index contributed by atoms with van der Waals surface area (Å²) in [6, 6.07) is 7.93. The van der Waals surface area contributed by atoms with Crippen LogP contribution in [0.15, 0.2) is 24.3 Å². The minimum atomic E-state index is 0.402. The molecule has 0 saturated carbocycles. The van der Waals surface area contributed by atoms with Gasteiger partial charge in [0.05, 0.1) is 12.3 Å². The second-order valence-corrected chi connectivity index (χ2v) is 2.98. The van der Waals surface area contributed by atoms with Crippen LogP contribution in [-0.2, 0) is 4.74 Å². The number of aryl methyl sites for hydroxylation is 1. The van der Waals surface area contributed by atoms with E-state index < -0.39 is 0 Å². The van der Waals surface area contributed by atoms with Gasteiger partial charge in [0.1, 0.15) is 0 Å². The number of benzene rings is 1. The smallest absolute Gasteiger partial charge is 0.0886 e. The minimum Gasteiger partial charge on any atom is -0.375 e. The molecule has 0 aliphatic rings. The first-order valence-corrected chi connectivity index (χ1v) is 4.46. The maximum absolute atomic E-state index is 7.68. The van der Waals surface area contributed by atoms with E-state index in [9.17, 15) is 0 Å². The Morgan fingerprint density at radius 1 is 1.31 bits per heavy atom. The van der Waals surface area contributed by atoms with E-state index in [1.807, 2.05) is 38.1 Å². The second kappa shape index (κ2) is 4.77. The third-order valence-electron chi connectivity index (χ3n) is 1.85. The number of nitrogens with one attached hydrogen (secondary N) is 1. The highest BCUT2D eigenvalue weighted by molar-refractivity contribution is 5.99. The molecule has 0 aromatic heterocycles. The molecular weight excluding hydrogens is 162 g/mol. The Bertz CT molecular complexity index is 277. The van der Waals surface area contributed by atoms with Gasteiger partial charge in [-0.3, -0.25) is 0 Å². The Balaban J connectivity index is 2.61. The lowest BCUT2D eigenvalue weighted by molar-refractivity contribution is 0.187. The van der Waals surface area contributed by atoms with Crippen LogP contribution >= 0.6 is 0 Å². The van der Waals surface area contributed by atoms with Gasteiger partial charge >= 0.3 is 0 Å². The first kappa shape index (κ1) is 9.93. The summed E-state index contributed by atoms with van der Waals surface area (Å²) in [5, 5.41) is 7.68. The van der Waals surface area contributed by atoms with Gasteiger partial charge in [-0.05, 0) is 19.4 Å². The average molecular weight is 177 g/mol. The van der Waals surface area contributed by atoms with Crippen LogP contribution in [0, 0.1) is 12.3 Å². The van der Waals surface area contributed by atoms with Crippen molar-refractivity contribution < 1.29 is 4.74 Å². The highest BCUT2D eigenvalue weighted by atomic mass is 16.5. The lowest BCUT2D eigenvalue weighted by atomic mass is 10.1. The molecule has 2 nitrogen and oxygen atoms in total. The predicted molar refractivity (Wildman–Crippen MR) is 54.5 cm³/mol. The summed E-state index contributed by atoms with van der Waals surface area (Å²) in [7, 11) is 0. The number of rotatable bonds is 4. The van der Waals surface area contributed by atoms with Gasteiger partial charge in [-0.1, -0.05) is 29.8 Å². The molecule has 0 radical (unpaired) electrons. The Morgan fingerprint density at radius 2 is 1.92 bits per heavy atom. The van der Waals surface area contributed by atoms with Gasteiger partial charge in [0.2, 0.25) is 0 Å². The number of ether oxygens (including phenoxy) is 1. The summed E-state index contributed by atoms with van der Waals surface area (Å²) in [4.78, 5) is 0. The standard InChI is InChI=1S/C11H15NO/c1-3-13-8-11(12)10-6-4-9(2)5-7-10/h4-7,12H,3,8H2,1-2H3. The van der Waals surface area contributed by atoms with Gasteiger partial charge in [0.15, 0.2) is 0 Å². The summed E-state index contributed by atoms with van der Waals surface area (Å²) in [6.45, 7) is 5.03. The van der Waals surface area contributed by atoms with Crippen LogP contribution in [-0.4, -0.2) is 18.9 Å². The fourth-order valence-corrected chi connectivity index (χ4v) is 1.04. The Morgan fingerprint density at radius 3 is 2.46 bits per heavy atom. The molecule has 0 aliphatic heterocycles. The van der Waals surface area contributed by atoms with Crippen LogP contribution in [0.1, 0.15) is 18.1 Å². The normalized spacial score (nSPS) is 10.0. The summed E-state index contributed by atoms with van der Waals surface area (Å²) in [5.41, 5.74) is 2.70. The van der Waals surface area contributed by atoms with Crippen molar-refractivity contribution >= 4 is 5.71 Å². The van der Waals surface area contributed by atoms with Crippen LogP contribution in [0.5, 0.6) is 0 Å². The zero-order valence-corrected chi connectivity index (χ0v) is 8.13. The van der Waals surface area contributed by atoms with Crippen molar-refractivity contribution in [3.05, 3.63) is 35.4 Å². The third kappa shape index (κ3) is 2.99. The molecule has 1 aromatic rings. The van der Waals surface area contributed by atoms with Crippen molar-refractivity contribution in [1.29, 1.82) is 5.41 Å². The van der Waals surface area contributed by atoms with E-state index in [0.717, 1.165) is 5.56 Å². The molecule has 1 rings (SSSR count). The topological polar surface area (TPSA) is 33.1 Å². The first-order valence-electron chi connectivity index (χ1n) is 4.46. The molecule has 0 unspecified atom stereocenters. The lowest BCUT2D eigenvalue weighted by Crippen LogP contribution is -2.08. The van der Waals surface area contributed by atoms with Crippen molar-refractivity contribution in [2.75, 3.05) is 13.2 Å². The van der Waals surface area contributed by atoms with Gasteiger partial charge in [-0.2, -0.15) is 0 Å². The molecule has 70 valence electrons. The van der Waals surface area contributed by atoms with Crippen LogP contribution in [0.25, 0.3) is 0 Å². The van der Waals surface area contributed by atoms with Crippen LogP contribution in [0.4, 0.5) is 0 Å². The molecule has 1 aromatic carbocycles. The maximum atomic E-state index is 7.68. The Labute approximate surface area is 79.1 Å². The van der Waals surface area contributed by atoms with Gasteiger partial charge in [-0.25, -0.2) is 0 Å². The minimum absolute atomic E-state index is 0.402. The lowest BCUT2D eigenvalue weighted by Gasteiger charge is -2.04. The molecule has 13 heavy (non-hydrogen) atoms. The first-order chi connectivity index (χ1) is 6.24. The Hall–Kier alpha value is -1.15. The molecule has 0 fully saturated rings. The van der Waals surface area contributed by atoms with E-state index in [2.05, 4.69) is 0 Å². The second-order valence-electron chi connectivity index (χ2n) is 2.98. The zero-order chi connectivity index (χ0) is 9.68. The average Bonchev–Trinajstić information content (AvgIpc) is 2.15. The van der Waals surface area contributed by atoms with E-state index in [1.54, 1.807) is 0 Å². The van der Waals surface area contributed by atoms with Crippen LogP contribution < -0.4 is 0 Å². The molecule has 0 heterocycles. The van der Waals surface area contributed by atoms with Gasteiger partial charge in [0, 0.05) is 6.61 Å². The molecule has 1 N–H and O–H groups in total. The van der Waals surface area contributed by atoms with Crippen molar-refractivity contribution in [2.45, 2.75) is 13.8 Å². The summed E-state index contributed by atoms with van der Waals surface area (Å²) in [6.07, 6.45) is 0. The van der Waals surface area contributed by atoms with E-state index in [-0.39, 0.29) is 0 Å². The van der Waals surface area contributed by atoms with Crippen molar-refractivity contribution in [2.24, 2.45) is 0 Å². The molecule has 0 saturated heterocycles. The van der Waals surface area contributed by atoms with Crippen LogP contribution in [0.3, 0.4) is 0 Å². The summed E-state index contributed by atoms with van der Waals surface area (Å²) in [5.74, 6) is 0. The molecule has 0 amide bonds. The number of hydrogen-bond acceptors (Lipinski definition) is 2. The molecular formula is C11H15NO. The summed E-state index contributed by atoms with van der Waals surface area (Å²) < 4.78 is 5.16. The molecule has 0 aliphatic carbocycles. The highest BCUT2D eigenvalue weighted by Gasteiger charge is 1.99. The fraction of sp³-hybridized carbons (Fsp3) is 0.364. The van der Waals surface area contributed by atoms with E-state index in [1.165, 1.54) is 5.56 Å². The fourth-order valence-electron chi connectivity index (χ4n) is 1.04. The monoisotopic (exact) mass is 177 g/mol. The van der Waals surface area contributed by atoms with Gasteiger partial charge < -0.3 is 10.1 Å². The molecule has 2 heteroatoms. The quantitative estimate of drug-likeness (QED) is 0.704. The van der Waals surface area contributed by atoms with Crippen LogP contribution in [0.2, 0.25) is 0 Å². The van der Waals surface area contributed by atoms with E-state index >= 15 is 0 Å². The maximum Gasteiger partial charge on any atom is 0.0886 e. The molecule has 0 bridgehead atoms. The Kier molecular flexibility index (Phi) is 3.65. The van der Waals surface area contributed by atoms with Gasteiger partial charge in [0.25, 0.3) is 0 Å². The van der Waals surface area contributed by atoms with Crippen molar-refractivity contribution in [1.82, 2.24) is 0 Å².